The van der Waals surface area contributed by atoms with Crippen molar-refractivity contribution in [1.29, 1.82) is 0 Å². The largest absolute Gasteiger partial charge is 0.487 e. The predicted octanol–water partition coefficient (Wildman–Crippen LogP) is 4.36. The van der Waals surface area contributed by atoms with E-state index in [0.717, 1.165) is 6.07 Å². The molecule has 0 radical (unpaired) electrons. The molecule has 0 bridgehead atoms. The number of imidazole rings is 1. The molecule has 1 aliphatic rings. The average molecular weight is 433 g/mol. The number of rotatable bonds is 6. The molecule has 1 saturated carbocycles. The molecule has 1 aliphatic carbocycles. The highest BCUT2D eigenvalue weighted by atomic mass is 32.2. The summed E-state index contributed by atoms with van der Waals surface area (Å²) >= 11 is 0.257. The van der Waals surface area contributed by atoms with E-state index in [1.807, 2.05) is 0 Å². The summed E-state index contributed by atoms with van der Waals surface area (Å²) in [6.45, 7) is -0.621. The summed E-state index contributed by atoms with van der Waals surface area (Å²) in [5, 5.41) is 5.67. The Morgan fingerprint density at radius 3 is 2.93 bits per heavy atom. The number of hydrogen-bond acceptors (Lipinski definition) is 5. The van der Waals surface area contributed by atoms with Crippen LogP contribution < -0.4 is 4.74 Å². The smallest absolute Gasteiger partial charge is 0.173 e. The number of thioether (sulfide) groups is 1. The molecule has 1 N–H and O–H groups in total. The molecule has 0 saturated heterocycles. The summed E-state index contributed by atoms with van der Waals surface area (Å²) in [7, 11) is 0. The van der Waals surface area contributed by atoms with Gasteiger partial charge in [0.05, 0.1) is 29.3 Å². The Hall–Kier alpha value is -2.82. The fraction of sp³-hybridized carbons (Fsp3) is 0.304. The Morgan fingerprint density at radius 2 is 2.20 bits per heavy atom. The third-order valence-corrected chi connectivity index (χ3v) is 4.82. The monoisotopic (exact) mass is 432 g/mol. The summed E-state index contributed by atoms with van der Waals surface area (Å²) in [6, 6.07) is 7.16. The van der Waals surface area contributed by atoms with Crippen LogP contribution >= 0.6 is 11.8 Å². The first kappa shape index (κ1) is 12.1. The number of hydrogen-bond donors (Lipinski definition) is 1. The second-order valence-corrected chi connectivity index (χ2v) is 6.88. The zero-order valence-corrected chi connectivity index (χ0v) is 16.3. The molecule has 2 heterocycles. The lowest BCUT2D eigenvalue weighted by Gasteiger charge is -2.14. The van der Waals surface area contributed by atoms with Crippen LogP contribution in [0, 0.1) is 17.7 Å². The Bertz CT molecular complexity index is 1420. The minimum Gasteiger partial charge on any atom is -0.487 e. The molecular weight excluding hydrogens is 401 g/mol. The lowest BCUT2D eigenvalue weighted by Crippen LogP contribution is -2.07. The minimum atomic E-state index is -3.34. The summed E-state index contributed by atoms with van der Waals surface area (Å²) in [6.07, 6.45) is -9.00. The molecular formula is C23H22FN3O2S. The van der Waals surface area contributed by atoms with E-state index >= 15 is 0 Å². The van der Waals surface area contributed by atoms with Gasteiger partial charge in [-0.15, -0.1) is 0 Å². The Labute approximate surface area is 192 Å². The third-order valence-electron chi connectivity index (χ3n) is 3.94. The van der Waals surface area contributed by atoms with Crippen LogP contribution in [0.25, 0.3) is 5.69 Å². The van der Waals surface area contributed by atoms with Crippen molar-refractivity contribution in [1.82, 2.24) is 14.5 Å². The van der Waals surface area contributed by atoms with Gasteiger partial charge in [0.2, 0.25) is 0 Å². The SMILES string of the molecule is [2H]C1([2H])C([2H])([2H])C([2H])([2H])C([2H])(Sc2ncc(COc3ccc(C#CCO)c(F)c3)n2-c2cccnc2)C1([2H])[2H]. The second kappa shape index (κ2) is 9.79. The van der Waals surface area contributed by atoms with Crippen molar-refractivity contribution in [2.45, 2.75) is 42.5 Å². The van der Waals surface area contributed by atoms with Crippen molar-refractivity contribution in [3.05, 3.63) is 66.0 Å². The Balaban J connectivity index is 1.72. The maximum atomic E-state index is 14.3. The van der Waals surface area contributed by atoms with Gasteiger partial charge in [0, 0.05) is 29.8 Å². The van der Waals surface area contributed by atoms with E-state index in [0.29, 0.717) is 11.4 Å². The molecule has 1 aromatic carbocycles. The number of aliphatic hydroxyl groups excluding tert-OH is 1. The molecule has 30 heavy (non-hydrogen) atoms. The molecule has 0 unspecified atom stereocenters. The molecule has 2 aromatic heterocycles. The molecule has 154 valence electrons. The number of benzene rings is 1. The van der Waals surface area contributed by atoms with E-state index in [-0.39, 0.29) is 34.8 Å². The predicted molar refractivity (Wildman–Crippen MR) is 114 cm³/mol. The molecule has 1 fully saturated rings. The van der Waals surface area contributed by atoms with Crippen molar-refractivity contribution < 1.29 is 26.6 Å². The van der Waals surface area contributed by atoms with Gasteiger partial charge in [-0.1, -0.05) is 36.3 Å². The van der Waals surface area contributed by atoms with Gasteiger partial charge in [-0.05, 0) is 37.0 Å². The summed E-state index contributed by atoms with van der Waals surface area (Å²) in [5.74, 6) is 4.29. The van der Waals surface area contributed by atoms with Gasteiger partial charge in [-0.2, -0.15) is 0 Å². The normalized spacial score (nSPS) is 26.0. The van der Waals surface area contributed by atoms with E-state index in [1.165, 1.54) is 35.3 Å². The maximum absolute atomic E-state index is 14.3. The van der Waals surface area contributed by atoms with Crippen molar-refractivity contribution >= 4 is 11.8 Å². The number of aliphatic hydroxyl groups is 1. The molecule has 0 spiro atoms. The van der Waals surface area contributed by atoms with Crippen LogP contribution in [-0.2, 0) is 6.61 Å². The van der Waals surface area contributed by atoms with E-state index in [4.69, 9.17) is 22.2 Å². The van der Waals surface area contributed by atoms with E-state index in [2.05, 4.69) is 21.8 Å². The highest BCUT2D eigenvalue weighted by molar-refractivity contribution is 7.99. The summed E-state index contributed by atoms with van der Waals surface area (Å²) in [5.41, 5.74) is 0.769. The van der Waals surface area contributed by atoms with Crippen LogP contribution in [0.5, 0.6) is 5.75 Å². The minimum absolute atomic E-state index is 0.0658. The van der Waals surface area contributed by atoms with Crippen molar-refractivity contribution in [3.63, 3.8) is 0 Å². The Morgan fingerprint density at radius 1 is 1.33 bits per heavy atom. The number of nitrogens with zero attached hydrogens (tertiary/aromatic N) is 3. The average Bonchev–Trinajstić information content (AvgIpc) is 3.30. The molecule has 5 nitrogen and oxygen atoms in total. The topological polar surface area (TPSA) is 60.2 Å². The van der Waals surface area contributed by atoms with Crippen LogP contribution in [0.15, 0.2) is 54.1 Å². The first-order chi connectivity index (χ1) is 18.1. The number of aromatic nitrogens is 3. The van der Waals surface area contributed by atoms with Gasteiger partial charge in [0.1, 0.15) is 24.8 Å². The van der Waals surface area contributed by atoms with Gasteiger partial charge >= 0.3 is 0 Å². The van der Waals surface area contributed by atoms with E-state index < -0.39 is 43.1 Å². The quantitative estimate of drug-likeness (QED) is 0.587. The fourth-order valence-corrected chi connectivity index (χ4v) is 3.44. The standard InChI is InChI=1S/C23H22FN3O2S/c24-22-13-20(10-9-17(22)5-4-12-28)29-16-19-15-26-23(30-21-7-1-2-8-21)27(19)18-6-3-11-25-14-18/h3,6,9-11,13-15,21,28H,1-2,7-8,12,16H2/i1D2,2D2,7D2,8D2,21D. The maximum Gasteiger partial charge on any atom is 0.173 e. The van der Waals surface area contributed by atoms with Gasteiger partial charge in [-0.3, -0.25) is 9.55 Å². The molecule has 0 aliphatic heterocycles. The molecule has 7 heteroatoms. The summed E-state index contributed by atoms with van der Waals surface area (Å²) in [4.78, 5) is 8.25. The number of pyridine rings is 1. The van der Waals surface area contributed by atoms with Gasteiger partial charge in [-0.25, -0.2) is 9.37 Å². The van der Waals surface area contributed by atoms with Crippen molar-refractivity contribution in [3.8, 4) is 23.3 Å². The lowest BCUT2D eigenvalue weighted by atomic mass is 10.2. The van der Waals surface area contributed by atoms with Crippen LogP contribution in [0.2, 0.25) is 0 Å². The van der Waals surface area contributed by atoms with Crippen LogP contribution in [0.4, 0.5) is 4.39 Å². The highest BCUT2D eigenvalue weighted by Crippen LogP contribution is 2.35. The van der Waals surface area contributed by atoms with Gasteiger partial charge in [0.15, 0.2) is 5.16 Å². The molecule has 0 amide bonds. The summed E-state index contributed by atoms with van der Waals surface area (Å²) < 4.78 is 95.8. The van der Waals surface area contributed by atoms with Crippen molar-refractivity contribution in [2.24, 2.45) is 0 Å². The van der Waals surface area contributed by atoms with Gasteiger partial charge < -0.3 is 9.84 Å². The highest BCUT2D eigenvalue weighted by Gasteiger charge is 2.21. The fourth-order valence-electron chi connectivity index (χ4n) is 2.63. The second-order valence-electron chi connectivity index (χ2n) is 5.90. The first-order valence-electron chi connectivity index (χ1n) is 13.3. The van der Waals surface area contributed by atoms with Gasteiger partial charge in [0.25, 0.3) is 0 Å². The number of ether oxygens (including phenoxy) is 1. The Kier molecular flexibility index (Phi) is 3.96. The van der Waals surface area contributed by atoms with Crippen LogP contribution in [-0.4, -0.2) is 31.5 Å². The number of halogens is 1. The molecule has 0 atom stereocenters. The first-order valence-corrected chi connectivity index (χ1v) is 9.62. The zero-order valence-electron chi connectivity index (χ0n) is 24.5. The molecule has 4 rings (SSSR count). The van der Waals surface area contributed by atoms with Crippen LogP contribution in [0.1, 0.15) is 49.1 Å². The van der Waals surface area contributed by atoms with E-state index in [9.17, 15) is 4.39 Å². The molecule has 3 aromatic rings. The van der Waals surface area contributed by atoms with E-state index in [1.54, 1.807) is 12.1 Å². The lowest BCUT2D eigenvalue weighted by molar-refractivity contribution is 0.296. The zero-order chi connectivity index (χ0) is 28.9. The van der Waals surface area contributed by atoms with Crippen molar-refractivity contribution in [2.75, 3.05) is 6.61 Å². The van der Waals surface area contributed by atoms with Crippen LogP contribution in [0.3, 0.4) is 0 Å². The third kappa shape index (κ3) is 4.84.